The summed E-state index contributed by atoms with van der Waals surface area (Å²) >= 11 is 0. The third-order valence-corrected chi connectivity index (χ3v) is 3.75. The highest BCUT2D eigenvalue weighted by molar-refractivity contribution is 5.77. The fraction of sp³-hybridized carbons (Fsp3) is 0.278. The van der Waals surface area contributed by atoms with Crippen molar-refractivity contribution in [1.82, 2.24) is 0 Å². The molecule has 2 aromatic rings. The Bertz CT molecular complexity index is 617. The summed E-state index contributed by atoms with van der Waals surface area (Å²) in [5.41, 5.74) is 4.06. The molecule has 21 heavy (non-hydrogen) atoms. The molecule has 0 amide bonds. The first kappa shape index (κ1) is 15.1. The summed E-state index contributed by atoms with van der Waals surface area (Å²) in [7, 11) is 3.98. The molecule has 2 aromatic carbocycles. The van der Waals surface area contributed by atoms with Crippen molar-refractivity contribution in [1.29, 1.82) is 0 Å². The van der Waals surface area contributed by atoms with Crippen molar-refractivity contribution in [2.45, 2.75) is 19.3 Å². The van der Waals surface area contributed by atoms with Gasteiger partial charge in [0.25, 0.3) is 0 Å². The van der Waals surface area contributed by atoms with Gasteiger partial charge in [0.2, 0.25) is 0 Å². The van der Waals surface area contributed by atoms with Gasteiger partial charge >= 0.3 is 5.97 Å². The molecule has 110 valence electrons. The van der Waals surface area contributed by atoms with E-state index < -0.39 is 11.9 Å². The molecule has 1 unspecified atom stereocenters. The summed E-state index contributed by atoms with van der Waals surface area (Å²) in [4.78, 5) is 13.7. The molecule has 0 aliphatic carbocycles. The molecular formula is C18H21NO2. The van der Waals surface area contributed by atoms with Gasteiger partial charge in [-0.3, -0.25) is 4.79 Å². The number of hydrogen-bond donors (Lipinski definition) is 1. The van der Waals surface area contributed by atoms with Gasteiger partial charge in [0.1, 0.15) is 0 Å². The number of carboxylic acid groups (broad SMARTS) is 1. The number of nitrogens with zero attached hydrogens (tertiary/aromatic N) is 1. The van der Waals surface area contributed by atoms with E-state index in [2.05, 4.69) is 0 Å². The summed E-state index contributed by atoms with van der Waals surface area (Å²) in [5.74, 6) is -1.28. The fourth-order valence-electron chi connectivity index (χ4n) is 2.47. The molecule has 0 radical (unpaired) electrons. The Kier molecular flexibility index (Phi) is 4.63. The average molecular weight is 283 g/mol. The van der Waals surface area contributed by atoms with Crippen LogP contribution in [-0.4, -0.2) is 25.2 Å². The predicted molar refractivity (Wildman–Crippen MR) is 86.0 cm³/mol. The molecule has 0 bridgehead atoms. The Morgan fingerprint density at radius 2 is 1.71 bits per heavy atom. The lowest BCUT2D eigenvalue weighted by molar-refractivity contribution is -0.138. The van der Waals surface area contributed by atoms with E-state index in [0.29, 0.717) is 6.42 Å². The first-order chi connectivity index (χ1) is 9.99. The van der Waals surface area contributed by atoms with Crippen LogP contribution in [0, 0.1) is 6.92 Å². The highest BCUT2D eigenvalue weighted by Crippen LogP contribution is 2.25. The minimum Gasteiger partial charge on any atom is -0.481 e. The molecule has 3 nitrogen and oxygen atoms in total. The van der Waals surface area contributed by atoms with E-state index in [4.69, 9.17) is 0 Å². The molecule has 0 aliphatic heterocycles. The summed E-state index contributed by atoms with van der Waals surface area (Å²) < 4.78 is 0. The number of aliphatic carboxylic acids is 1. The topological polar surface area (TPSA) is 40.5 Å². The summed E-state index contributed by atoms with van der Waals surface area (Å²) in [6, 6.07) is 15.7. The van der Waals surface area contributed by atoms with Gasteiger partial charge < -0.3 is 10.0 Å². The molecule has 0 spiro atoms. The lowest BCUT2D eigenvalue weighted by Crippen LogP contribution is -2.15. The van der Waals surface area contributed by atoms with Gasteiger partial charge in [-0.1, -0.05) is 36.4 Å². The van der Waals surface area contributed by atoms with Crippen molar-refractivity contribution in [2.24, 2.45) is 0 Å². The van der Waals surface area contributed by atoms with Crippen LogP contribution in [0.1, 0.15) is 22.6 Å². The molecule has 0 saturated carbocycles. The normalized spacial score (nSPS) is 12.0. The second kappa shape index (κ2) is 6.44. The Morgan fingerprint density at radius 1 is 1.10 bits per heavy atom. The first-order valence-corrected chi connectivity index (χ1v) is 7.03. The number of carbonyl (C=O) groups is 1. The van der Waals surface area contributed by atoms with Crippen molar-refractivity contribution in [3.63, 3.8) is 0 Å². The summed E-state index contributed by atoms with van der Waals surface area (Å²) in [6.45, 7) is 1.96. The highest BCUT2D eigenvalue weighted by Gasteiger charge is 2.21. The van der Waals surface area contributed by atoms with Crippen molar-refractivity contribution < 1.29 is 9.90 Å². The van der Waals surface area contributed by atoms with Crippen LogP contribution >= 0.6 is 0 Å². The van der Waals surface area contributed by atoms with Gasteiger partial charge in [0, 0.05) is 19.8 Å². The van der Waals surface area contributed by atoms with Crippen LogP contribution in [-0.2, 0) is 11.2 Å². The molecule has 0 saturated heterocycles. The zero-order valence-corrected chi connectivity index (χ0v) is 12.7. The second-order valence-corrected chi connectivity index (χ2v) is 5.51. The Morgan fingerprint density at radius 3 is 2.24 bits per heavy atom. The monoisotopic (exact) mass is 283 g/mol. The number of aryl methyl sites for hydroxylation is 1. The zero-order valence-electron chi connectivity index (χ0n) is 12.7. The van der Waals surface area contributed by atoms with E-state index in [1.165, 1.54) is 0 Å². The lowest BCUT2D eigenvalue weighted by atomic mass is 9.89. The maximum atomic E-state index is 11.6. The van der Waals surface area contributed by atoms with Gasteiger partial charge in [-0.25, -0.2) is 0 Å². The van der Waals surface area contributed by atoms with Crippen molar-refractivity contribution in [2.75, 3.05) is 19.0 Å². The van der Waals surface area contributed by atoms with E-state index in [0.717, 1.165) is 22.4 Å². The lowest BCUT2D eigenvalue weighted by Gasteiger charge is -2.17. The third kappa shape index (κ3) is 3.63. The van der Waals surface area contributed by atoms with Crippen LogP contribution < -0.4 is 4.90 Å². The largest absolute Gasteiger partial charge is 0.481 e. The number of rotatable bonds is 5. The quantitative estimate of drug-likeness (QED) is 0.913. The second-order valence-electron chi connectivity index (χ2n) is 5.51. The molecular weight excluding hydrogens is 262 g/mol. The standard InChI is InChI=1S/C18H21NO2/c1-13-6-4-5-7-16(13)17(18(20)21)12-14-8-10-15(11-9-14)19(2)3/h4-11,17H,12H2,1-3H3,(H,20,21). The average Bonchev–Trinajstić information content (AvgIpc) is 2.46. The molecule has 0 fully saturated rings. The van der Waals surface area contributed by atoms with Crippen LogP contribution in [0.15, 0.2) is 48.5 Å². The number of carboxylic acids is 1. The minimum absolute atomic E-state index is 0.503. The molecule has 0 aliphatic rings. The van der Waals surface area contributed by atoms with Crippen LogP contribution in [0.25, 0.3) is 0 Å². The van der Waals surface area contributed by atoms with E-state index >= 15 is 0 Å². The first-order valence-electron chi connectivity index (χ1n) is 7.03. The molecule has 1 atom stereocenters. The minimum atomic E-state index is -0.777. The van der Waals surface area contributed by atoms with E-state index in [1.54, 1.807) is 0 Å². The van der Waals surface area contributed by atoms with Crippen LogP contribution in [0.2, 0.25) is 0 Å². The van der Waals surface area contributed by atoms with Crippen LogP contribution in [0.4, 0.5) is 5.69 Å². The Hall–Kier alpha value is -2.29. The van der Waals surface area contributed by atoms with Crippen molar-refractivity contribution in [3.05, 3.63) is 65.2 Å². The molecule has 0 heterocycles. The summed E-state index contributed by atoms with van der Waals surface area (Å²) in [6.07, 6.45) is 0.508. The van der Waals surface area contributed by atoms with E-state index in [1.807, 2.05) is 74.4 Å². The number of anilines is 1. The number of benzene rings is 2. The highest BCUT2D eigenvalue weighted by atomic mass is 16.4. The summed E-state index contributed by atoms with van der Waals surface area (Å²) in [5, 5.41) is 9.55. The van der Waals surface area contributed by atoms with Gasteiger partial charge in [-0.05, 0) is 42.2 Å². The molecule has 1 N–H and O–H groups in total. The van der Waals surface area contributed by atoms with Gasteiger partial charge in [0.05, 0.1) is 5.92 Å². The zero-order chi connectivity index (χ0) is 15.4. The smallest absolute Gasteiger partial charge is 0.311 e. The molecule has 0 aromatic heterocycles. The molecule has 2 rings (SSSR count). The maximum Gasteiger partial charge on any atom is 0.311 e. The fourth-order valence-corrected chi connectivity index (χ4v) is 2.47. The third-order valence-electron chi connectivity index (χ3n) is 3.75. The number of hydrogen-bond acceptors (Lipinski definition) is 2. The maximum absolute atomic E-state index is 11.6. The molecule has 3 heteroatoms. The van der Waals surface area contributed by atoms with Crippen molar-refractivity contribution in [3.8, 4) is 0 Å². The van der Waals surface area contributed by atoms with Crippen molar-refractivity contribution >= 4 is 11.7 Å². The Labute approximate surface area is 125 Å². The predicted octanol–water partition coefficient (Wildman–Crippen LogP) is 3.47. The Balaban J connectivity index is 2.25. The van der Waals surface area contributed by atoms with Gasteiger partial charge in [-0.2, -0.15) is 0 Å². The van der Waals surface area contributed by atoms with Crippen LogP contribution in [0.5, 0.6) is 0 Å². The van der Waals surface area contributed by atoms with E-state index in [9.17, 15) is 9.90 Å². The SMILES string of the molecule is Cc1ccccc1C(Cc1ccc(N(C)C)cc1)C(=O)O. The van der Waals surface area contributed by atoms with E-state index in [-0.39, 0.29) is 0 Å². The van der Waals surface area contributed by atoms with Crippen LogP contribution in [0.3, 0.4) is 0 Å². The van der Waals surface area contributed by atoms with Gasteiger partial charge in [0.15, 0.2) is 0 Å². The van der Waals surface area contributed by atoms with Gasteiger partial charge in [-0.15, -0.1) is 0 Å².